The molecule has 0 saturated heterocycles. The van der Waals surface area contributed by atoms with Gasteiger partial charge in [-0.15, -0.1) is 0 Å². The molecule has 0 bridgehead atoms. The van der Waals surface area contributed by atoms with Crippen molar-refractivity contribution in [1.82, 2.24) is 5.32 Å². The van der Waals surface area contributed by atoms with Crippen molar-refractivity contribution in [3.8, 4) is 11.5 Å². The van der Waals surface area contributed by atoms with Gasteiger partial charge in [-0.25, -0.2) is 0 Å². The third kappa shape index (κ3) is 7.74. The molecule has 130 valence electrons. The topological polar surface area (TPSA) is 78.1 Å². The van der Waals surface area contributed by atoms with Crippen LogP contribution < -0.4 is 20.5 Å². The Balaban J connectivity index is 2.30. The van der Waals surface area contributed by atoms with Crippen LogP contribution in [-0.2, 0) is 11.2 Å². The fourth-order valence-corrected chi connectivity index (χ4v) is 1.98. The second-order valence-electron chi connectivity index (χ2n) is 5.60. The Bertz CT molecular complexity index is 490. The highest BCUT2D eigenvalue weighted by molar-refractivity contribution is 5.77. The number of guanidine groups is 1. The van der Waals surface area contributed by atoms with E-state index in [0.717, 1.165) is 30.1 Å². The van der Waals surface area contributed by atoms with Gasteiger partial charge in [-0.3, -0.25) is 4.99 Å². The molecule has 1 aromatic rings. The second-order valence-corrected chi connectivity index (χ2v) is 5.60. The number of benzene rings is 1. The monoisotopic (exact) mass is 323 g/mol. The molecule has 0 atom stereocenters. The van der Waals surface area contributed by atoms with Gasteiger partial charge in [-0.2, -0.15) is 0 Å². The molecule has 0 saturated carbocycles. The van der Waals surface area contributed by atoms with Gasteiger partial charge in [0.05, 0.1) is 27.4 Å². The van der Waals surface area contributed by atoms with Crippen molar-refractivity contribution >= 4 is 5.96 Å². The molecular weight excluding hydrogens is 294 g/mol. The average Bonchev–Trinajstić information content (AvgIpc) is 2.54. The Kier molecular flexibility index (Phi) is 8.90. The molecule has 1 aromatic carbocycles. The zero-order valence-electron chi connectivity index (χ0n) is 14.6. The third-order valence-electron chi connectivity index (χ3n) is 3.14. The molecule has 6 heteroatoms. The Morgan fingerprint density at radius 1 is 1.22 bits per heavy atom. The number of hydrogen-bond donors (Lipinski definition) is 2. The Labute approximate surface area is 139 Å². The van der Waals surface area contributed by atoms with E-state index < -0.39 is 0 Å². The van der Waals surface area contributed by atoms with Crippen molar-refractivity contribution in [2.24, 2.45) is 16.6 Å². The van der Waals surface area contributed by atoms with Crippen LogP contribution in [0.4, 0.5) is 0 Å². The van der Waals surface area contributed by atoms with Crippen molar-refractivity contribution < 1.29 is 14.2 Å². The van der Waals surface area contributed by atoms with E-state index in [1.54, 1.807) is 14.2 Å². The summed E-state index contributed by atoms with van der Waals surface area (Å²) in [6, 6.07) is 5.88. The molecule has 0 fully saturated rings. The molecule has 1 rings (SSSR count). The normalized spacial score (nSPS) is 11.6. The van der Waals surface area contributed by atoms with Crippen LogP contribution in [0.5, 0.6) is 11.5 Å². The van der Waals surface area contributed by atoms with E-state index in [2.05, 4.69) is 24.2 Å². The number of methoxy groups -OCH3 is 2. The van der Waals surface area contributed by atoms with E-state index >= 15 is 0 Å². The fraction of sp³-hybridized carbons (Fsp3) is 0.588. The van der Waals surface area contributed by atoms with Gasteiger partial charge in [0.25, 0.3) is 0 Å². The number of aliphatic imine (C=N–C) groups is 1. The predicted octanol–water partition coefficient (Wildman–Crippen LogP) is 1.82. The van der Waals surface area contributed by atoms with Crippen molar-refractivity contribution in [2.45, 2.75) is 20.3 Å². The molecule has 23 heavy (non-hydrogen) atoms. The first-order valence-corrected chi connectivity index (χ1v) is 7.89. The molecule has 0 radical (unpaired) electrons. The molecule has 0 aliphatic rings. The zero-order chi connectivity index (χ0) is 17.1. The minimum Gasteiger partial charge on any atom is -0.493 e. The van der Waals surface area contributed by atoms with Crippen LogP contribution in [0.25, 0.3) is 0 Å². The van der Waals surface area contributed by atoms with Crippen molar-refractivity contribution in [2.75, 3.05) is 40.5 Å². The summed E-state index contributed by atoms with van der Waals surface area (Å²) in [6.45, 7) is 6.86. The van der Waals surface area contributed by atoms with E-state index in [1.807, 2.05) is 18.2 Å². The second kappa shape index (κ2) is 10.7. The van der Waals surface area contributed by atoms with Crippen molar-refractivity contribution in [3.05, 3.63) is 23.8 Å². The largest absolute Gasteiger partial charge is 0.493 e. The number of rotatable bonds is 10. The highest BCUT2D eigenvalue weighted by atomic mass is 16.5. The lowest BCUT2D eigenvalue weighted by Gasteiger charge is -2.10. The molecule has 0 aliphatic heterocycles. The summed E-state index contributed by atoms with van der Waals surface area (Å²) in [6.07, 6.45) is 0.820. The maximum absolute atomic E-state index is 5.82. The number of nitrogens with two attached hydrogens (primary N) is 1. The van der Waals surface area contributed by atoms with Crippen LogP contribution in [0, 0.1) is 5.92 Å². The molecule has 0 aliphatic carbocycles. The lowest BCUT2D eigenvalue weighted by molar-refractivity contribution is 0.117. The summed E-state index contributed by atoms with van der Waals surface area (Å²) in [4.78, 5) is 4.23. The van der Waals surface area contributed by atoms with E-state index in [1.165, 1.54) is 0 Å². The number of ether oxygens (including phenoxy) is 3. The molecule has 0 heterocycles. The first-order valence-electron chi connectivity index (χ1n) is 7.89. The predicted molar refractivity (Wildman–Crippen MR) is 93.4 cm³/mol. The lowest BCUT2D eigenvalue weighted by Crippen LogP contribution is -2.33. The van der Waals surface area contributed by atoms with E-state index in [-0.39, 0.29) is 0 Å². The zero-order valence-corrected chi connectivity index (χ0v) is 14.6. The first kappa shape index (κ1) is 19.1. The van der Waals surface area contributed by atoms with E-state index in [0.29, 0.717) is 31.6 Å². The number of nitrogens with zero attached hydrogens (tertiary/aromatic N) is 1. The summed E-state index contributed by atoms with van der Waals surface area (Å²) in [5.41, 5.74) is 6.96. The van der Waals surface area contributed by atoms with Crippen LogP contribution in [0.3, 0.4) is 0 Å². The number of nitrogens with one attached hydrogen (secondary N) is 1. The van der Waals surface area contributed by atoms with Crippen molar-refractivity contribution in [3.63, 3.8) is 0 Å². The van der Waals surface area contributed by atoms with Gasteiger partial charge in [0, 0.05) is 13.2 Å². The molecule has 0 amide bonds. The lowest BCUT2D eigenvalue weighted by atomic mass is 10.1. The highest BCUT2D eigenvalue weighted by Gasteiger charge is 2.04. The third-order valence-corrected chi connectivity index (χ3v) is 3.14. The number of hydrogen-bond acceptors (Lipinski definition) is 4. The summed E-state index contributed by atoms with van der Waals surface area (Å²) in [5, 5.41) is 3.10. The van der Waals surface area contributed by atoms with Crippen LogP contribution >= 0.6 is 0 Å². The Hall–Kier alpha value is -1.95. The standard InChI is InChI=1S/C17H29N3O3/c1-13(2)12-23-10-9-20-17(18)19-8-7-14-5-6-15(21-3)16(11-14)22-4/h5-6,11,13H,7-10,12H2,1-4H3,(H3,18,19,20). The first-order chi connectivity index (χ1) is 11.1. The van der Waals surface area contributed by atoms with Gasteiger partial charge in [0.1, 0.15) is 0 Å². The fourth-order valence-electron chi connectivity index (χ4n) is 1.98. The summed E-state index contributed by atoms with van der Waals surface area (Å²) >= 11 is 0. The maximum atomic E-state index is 5.82. The van der Waals surface area contributed by atoms with Gasteiger partial charge in [0.15, 0.2) is 17.5 Å². The van der Waals surface area contributed by atoms with E-state index in [9.17, 15) is 0 Å². The van der Waals surface area contributed by atoms with Crippen LogP contribution in [0.15, 0.2) is 23.2 Å². The molecule has 0 aromatic heterocycles. The van der Waals surface area contributed by atoms with Gasteiger partial charge in [-0.05, 0) is 30.0 Å². The summed E-state index contributed by atoms with van der Waals surface area (Å²) < 4.78 is 16.0. The highest BCUT2D eigenvalue weighted by Crippen LogP contribution is 2.27. The molecule has 0 spiro atoms. The van der Waals surface area contributed by atoms with Gasteiger partial charge < -0.3 is 25.3 Å². The van der Waals surface area contributed by atoms with Gasteiger partial charge in [0.2, 0.25) is 0 Å². The minimum atomic E-state index is 0.443. The molecule has 3 N–H and O–H groups in total. The van der Waals surface area contributed by atoms with Gasteiger partial charge >= 0.3 is 0 Å². The molecule has 6 nitrogen and oxygen atoms in total. The van der Waals surface area contributed by atoms with Crippen molar-refractivity contribution in [1.29, 1.82) is 0 Å². The summed E-state index contributed by atoms with van der Waals surface area (Å²) in [5.74, 6) is 2.44. The summed E-state index contributed by atoms with van der Waals surface area (Å²) in [7, 11) is 3.26. The SMILES string of the molecule is COc1ccc(CCNC(N)=NCCOCC(C)C)cc1OC. The van der Waals surface area contributed by atoms with Crippen LogP contribution in [-0.4, -0.2) is 46.5 Å². The van der Waals surface area contributed by atoms with Crippen LogP contribution in [0.1, 0.15) is 19.4 Å². The Morgan fingerprint density at radius 2 is 1.96 bits per heavy atom. The molecular formula is C17H29N3O3. The minimum absolute atomic E-state index is 0.443. The van der Waals surface area contributed by atoms with E-state index in [4.69, 9.17) is 19.9 Å². The van der Waals surface area contributed by atoms with Crippen LogP contribution in [0.2, 0.25) is 0 Å². The molecule has 0 unspecified atom stereocenters. The smallest absolute Gasteiger partial charge is 0.188 e. The Morgan fingerprint density at radius 3 is 2.61 bits per heavy atom. The quantitative estimate of drug-likeness (QED) is 0.390. The average molecular weight is 323 g/mol. The maximum Gasteiger partial charge on any atom is 0.188 e. The van der Waals surface area contributed by atoms with Gasteiger partial charge in [-0.1, -0.05) is 19.9 Å².